The van der Waals surface area contributed by atoms with E-state index < -0.39 is 0 Å². The van der Waals surface area contributed by atoms with Crippen LogP contribution >= 0.6 is 11.8 Å². The van der Waals surface area contributed by atoms with Crippen LogP contribution in [-0.4, -0.2) is 10.6 Å². The van der Waals surface area contributed by atoms with E-state index in [9.17, 15) is 0 Å². The molecule has 0 amide bonds. The van der Waals surface area contributed by atoms with Crippen molar-refractivity contribution in [2.45, 2.75) is 25.6 Å². The third-order valence-corrected chi connectivity index (χ3v) is 1.55. The number of hydrogen-bond donors (Lipinski definition) is 1. The summed E-state index contributed by atoms with van der Waals surface area (Å²) in [5.41, 5.74) is 5.61. The Labute approximate surface area is 49.7 Å². The maximum Gasteiger partial charge on any atom is 0.0563 e. The summed E-state index contributed by atoms with van der Waals surface area (Å²) >= 11 is 1.77. The smallest absolute Gasteiger partial charge is 0.0563 e. The Morgan fingerprint density at radius 3 is 2.00 bits per heavy atom. The van der Waals surface area contributed by atoms with Crippen molar-refractivity contribution in [2.24, 2.45) is 5.73 Å². The van der Waals surface area contributed by atoms with Gasteiger partial charge in [0.15, 0.2) is 0 Å². The lowest BCUT2D eigenvalue weighted by atomic mass is 10.4. The third-order valence-electron chi connectivity index (χ3n) is 0.516. The largest absolute Gasteiger partial charge is 0.317 e. The molecule has 0 aliphatic rings. The van der Waals surface area contributed by atoms with Gasteiger partial charge in [-0.1, -0.05) is 6.92 Å². The van der Waals surface area contributed by atoms with Crippen molar-refractivity contribution in [3.63, 3.8) is 0 Å². The molecule has 0 saturated carbocycles. The summed E-state index contributed by atoms with van der Waals surface area (Å²) in [6, 6.07) is 0. The molecule has 0 radical (unpaired) electrons. The second kappa shape index (κ2) is 2.58. The summed E-state index contributed by atoms with van der Waals surface area (Å²) in [5.74, 6) is 1.10. The summed E-state index contributed by atoms with van der Waals surface area (Å²) in [7, 11) is 0. The van der Waals surface area contributed by atoms with Gasteiger partial charge in [-0.15, -0.1) is 11.8 Å². The molecule has 0 unspecified atom stereocenters. The molecule has 0 aromatic rings. The number of rotatable bonds is 2. The molecule has 7 heavy (non-hydrogen) atoms. The first-order chi connectivity index (χ1) is 3.06. The van der Waals surface area contributed by atoms with Gasteiger partial charge in [-0.3, -0.25) is 0 Å². The zero-order valence-corrected chi connectivity index (χ0v) is 6.01. The highest BCUT2D eigenvalue weighted by atomic mass is 32.2. The van der Waals surface area contributed by atoms with Crippen molar-refractivity contribution in [1.29, 1.82) is 0 Å². The molecular formula is C5H13NS. The molecule has 0 aromatic carbocycles. The molecule has 0 saturated heterocycles. The van der Waals surface area contributed by atoms with Crippen LogP contribution in [0.1, 0.15) is 20.8 Å². The Morgan fingerprint density at radius 2 is 2.00 bits per heavy atom. The highest BCUT2D eigenvalue weighted by Gasteiger charge is 2.07. The lowest BCUT2D eigenvalue weighted by molar-refractivity contribution is 0.759. The molecule has 0 bridgehead atoms. The standard InChI is InChI=1S/C5H13NS/c1-4-7-5(2,3)6/h4,6H2,1-3H3. The van der Waals surface area contributed by atoms with Crippen LogP contribution in [0.15, 0.2) is 0 Å². The van der Waals surface area contributed by atoms with Gasteiger partial charge in [0.1, 0.15) is 0 Å². The molecule has 0 heterocycles. The quantitative estimate of drug-likeness (QED) is 0.556. The van der Waals surface area contributed by atoms with Crippen molar-refractivity contribution >= 4 is 11.8 Å². The molecule has 2 heteroatoms. The molecule has 0 aliphatic carbocycles. The molecule has 2 N–H and O–H groups in total. The van der Waals surface area contributed by atoms with E-state index in [4.69, 9.17) is 5.73 Å². The summed E-state index contributed by atoms with van der Waals surface area (Å²) < 4.78 is 0. The lowest BCUT2D eigenvalue weighted by Gasteiger charge is -2.15. The van der Waals surface area contributed by atoms with Gasteiger partial charge < -0.3 is 5.73 Å². The first-order valence-electron chi connectivity index (χ1n) is 2.49. The van der Waals surface area contributed by atoms with E-state index in [2.05, 4.69) is 6.92 Å². The Morgan fingerprint density at radius 1 is 1.57 bits per heavy atom. The summed E-state index contributed by atoms with van der Waals surface area (Å²) in [5, 5.41) is 0. The highest BCUT2D eigenvalue weighted by molar-refractivity contribution is 8.00. The molecule has 1 nitrogen and oxygen atoms in total. The molecule has 0 fully saturated rings. The fourth-order valence-corrected chi connectivity index (χ4v) is 1.12. The molecule has 0 aromatic heterocycles. The zero-order valence-electron chi connectivity index (χ0n) is 5.19. The predicted octanol–water partition coefficient (Wildman–Crippen LogP) is 1.43. The molecule has 0 aliphatic heterocycles. The fourth-order valence-electron chi connectivity index (χ4n) is 0.372. The van der Waals surface area contributed by atoms with Gasteiger partial charge in [-0.25, -0.2) is 0 Å². The van der Waals surface area contributed by atoms with Crippen LogP contribution in [0.5, 0.6) is 0 Å². The molecule has 44 valence electrons. The Balaban J connectivity index is 3.15. The zero-order chi connectivity index (χ0) is 5.91. The van der Waals surface area contributed by atoms with Gasteiger partial charge in [-0.2, -0.15) is 0 Å². The Kier molecular flexibility index (Phi) is 2.69. The van der Waals surface area contributed by atoms with Crippen LogP contribution in [-0.2, 0) is 0 Å². The molecule has 0 atom stereocenters. The summed E-state index contributed by atoms with van der Waals surface area (Å²) in [6.07, 6.45) is 0. The van der Waals surface area contributed by atoms with E-state index in [1.165, 1.54) is 0 Å². The van der Waals surface area contributed by atoms with Gasteiger partial charge in [-0.05, 0) is 19.6 Å². The minimum absolute atomic E-state index is 0.0330. The second-order valence-electron chi connectivity index (χ2n) is 2.04. The van der Waals surface area contributed by atoms with E-state index in [0.29, 0.717) is 0 Å². The average molecular weight is 119 g/mol. The van der Waals surface area contributed by atoms with Crippen LogP contribution in [0, 0.1) is 0 Å². The maximum atomic E-state index is 5.61. The first kappa shape index (κ1) is 7.31. The highest BCUT2D eigenvalue weighted by Crippen LogP contribution is 2.15. The van der Waals surface area contributed by atoms with Gasteiger partial charge in [0, 0.05) is 0 Å². The van der Waals surface area contributed by atoms with E-state index in [-0.39, 0.29) is 4.87 Å². The van der Waals surface area contributed by atoms with Crippen molar-refractivity contribution in [3.05, 3.63) is 0 Å². The molecular weight excluding hydrogens is 106 g/mol. The van der Waals surface area contributed by atoms with Crippen LogP contribution in [0.4, 0.5) is 0 Å². The summed E-state index contributed by atoms with van der Waals surface area (Å²) in [4.78, 5) is -0.0330. The van der Waals surface area contributed by atoms with Gasteiger partial charge in [0.2, 0.25) is 0 Å². The number of thioether (sulfide) groups is 1. The lowest BCUT2D eigenvalue weighted by Crippen LogP contribution is -2.27. The van der Waals surface area contributed by atoms with Gasteiger partial charge >= 0.3 is 0 Å². The molecule has 0 spiro atoms. The number of nitrogens with two attached hydrogens (primary N) is 1. The summed E-state index contributed by atoms with van der Waals surface area (Å²) in [6.45, 7) is 6.14. The second-order valence-corrected chi connectivity index (χ2v) is 3.95. The van der Waals surface area contributed by atoms with Crippen molar-refractivity contribution < 1.29 is 0 Å². The average Bonchev–Trinajstić information content (AvgIpc) is 1.30. The van der Waals surface area contributed by atoms with Crippen LogP contribution in [0.25, 0.3) is 0 Å². The van der Waals surface area contributed by atoms with Gasteiger partial charge in [0.25, 0.3) is 0 Å². The minimum Gasteiger partial charge on any atom is -0.317 e. The van der Waals surface area contributed by atoms with E-state index in [1.807, 2.05) is 13.8 Å². The Hall–Kier alpha value is 0.310. The van der Waals surface area contributed by atoms with Crippen molar-refractivity contribution in [1.82, 2.24) is 0 Å². The first-order valence-corrected chi connectivity index (χ1v) is 3.47. The topological polar surface area (TPSA) is 26.0 Å². The SMILES string of the molecule is CCSC(C)(C)N. The Bertz CT molecular complexity index is 46.5. The van der Waals surface area contributed by atoms with Crippen molar-refractivity contribution in [2.75, 3.05) is 5.75 Å². The van der Waals surface area contributed by atoms with E-state index in [0.717, 1.165) is 5.75 Å². The van der Waals surface area contributed by atoms with Gasteiger partial charge in [0.05, 0.1) is 4.87 Å². The van der Waals surface area contributed by atoms with Crippen LogP contribution < -0.4 is 5.73 Å². The predicted molar refractivity (Wildman–Crippen MR) is 36.4 cm³/mol. The molecule has 0 rings (SSSR count). The monoisotopic (exact) mass is 119 g/mol. The normalized spacial score (nSPS) is 12.0. The minimum atomic E-state index is -0.0330. The van der Waals surface area contributed by atoms with Crippen LogP contribution in [0.3, 0.4) is 0 Å². The third kappa shape index (κ3) is 6.31. The van der Waals surface area contributed by atoms with E-state index in [1.54, 1.807) is 11.8 Å². The van der Waals surface area contributed by atoms with E-state index >= 15 is 0 Å². The van der Waals surface area contributed by atoms with Crippen LogP contribution in [0.2, 0.25) is 0 Å². The fraction of sp³-hybridized carbons (Fsp3) is 1.00. The maximum absolute atomic E-state index is 5.61. The number of hydrogen-bond acceptors (Lipinski definition) is 2. The van der Waals surface area contributed by atoms with Crippen molar-refractivity contribution in [3.8, 4) is 0 Å².